The predicted molar refractivity (Wildman–Crippen MR) is 82.0 cm³/mol. The van der Waals surface area contributed by atoms with Gasteiger partial charge in [0.15, 0.2) is 0 Å². The van der Waals surface area contributed by atoms with Crippen molar-refractivity contribution in [2.45, 2.75) is 56.5 Å². The maximum atomic E-state index is 12.7. The van der Waals surface area contributed by atoms with E-state index in [4.69, 9.17) is 10.5 Å². The van der Waals surface area contributed by atoms with Gasteiger partial charge < -0.3 is 15.4 Å². The van der Waals surface area contributed by atoms with Crippen molar-refractivity contribution >= 4 is 5.91 Å². The highest BCUT2D eigenvalue weighted by atomic mass is 16.5. The summed E-state index contributed by atoms with van der Waals surface area (Å²) in [5.74, 6) is 0.203. The maximum Gasteiger partial charge on any atom is 0.242 e. The number of hydrogen-bond acceptors (Lipinski definition) is 4. The van der Waals surface area contributed by atoms with Crippen molar-refractivity contribution in [3.8, 4) is 0 Å². The fraction of sp³-hybridized carbons (Fsp3) is 0.938. The molecule has 1 aliphatic carbocycles. The molecule has 2 N–H and O–H groups in total. The quantitative estimate of drug-likeness (QED) is 0.825. The van der Waals surface area contributed by atoms with Gasteiger partial charge in [-0.1, -0.05) is 19.3 Å². The number of piperazine rings is 1. The molecule has 0 spiro atoms. The third kappa shape index (κ3) is 3.41. The van der Waals surface area contributed by atoms with E-state index in [0.717, 1.165) is 77.9 Å². The lowest BCUT2D eigenvalue weighted by Crippen LogP contribution is -2.61. The third-order valence-corrected chi connectivity index (χ3v) is 5.48. The summed E-state index contributed by atoms with van der Waals surface area (Å²) in [6, 6.07) is 0.650. The summed E-state index contributed by atoms with van der Waals surface area (Å²) in [4.78, 5) is 17.3. The summed E-state index contributed by atoms with van der Waals surface area (Å²) in [5, 5.41) is 0. The van der Waals surface area contributed by atoms with Gasteiger partial charge >= 0.3 is 0 Å². The van der Waals surface area contributed by atoms with Gasteiger partial charge in [0, 0.05) is 45.4 Å². The van der Waals surface area contributed by atoms with Crippen LogP contribution in [-0.4, -0.2) is 66.7 Å². The van der Waals surface area contributed by atoms with Crippen LogP contribution in [0.2, 0.25) is 0 Å². The van der Waals surface area contributed by atoms with E-state index in [2.05, 4.69) is 4.90 Å². The van der Waals surface area contributed by atoms with Crippen molar-refractivity contribution in [3.05, 3.63) is 0 Å². The molecule has 21 heavy (non-hydrogen) atoms. The van der Waals surface area contributed by atoms with Crippen molar-refractivity contribution in [2.75, 3.05) is 39.4 Å². The van der Waals surface area contributed by atoms with Crippen LogP contribution in [0.1, 0.15) is 44.9 Å². The van der Waals surface area contributed by atoms with E-state index in [1.165, 1.54) is 6.42 Å². The molecule has 0 radical (unpaired) electrons. The number of carbonyl (C=O) groups is 1. The smallest absolute Gasteiger partial charge is 0.242 e. The number of hydrogen-bond donors (Lipinski definition) is 1. The molecule has 5 heteroatoms. The van der Waals surface area contributed by atoms with Gasteiger partial charge in [-0.3, -0.25) is 9.69 Å². The number of ether oxygens (including phenoxy) is 1. The van der Waals surface area contributed by atoms with Crippen molar-refractivity contribution in [1.29, 1.82) is 0 Å². The first-order chi connectivity index (χ1) is 10.2. The second-order valence-electron chi connectivity index (χ2n) is 6.89. The Bertz CT molecular complexity index is 355. The highest BCUT2D eigenvalue weighted by Crippen LogP contribution is 2.28. The third-order valence-electron chi connectivity index (χ3n) is 5.48. The van der Waals surface area contributed by atoms with E-state index < -0.39 is 5.54 Å². The molecular formula is C16H29N3O2. The van der Waals surface area contributed by atoms with E-state index >= 15 is 0 Å². The molecule has 3 fully saturated rings. The Labute approximate surface area is 127 Å². The molecule has 2 heterocycles. The minimum atomic E-state index is -0.570. The maximum absolute atomic E-state index is 12.7. The zero-order valence-electron chi connectivity index (χ0n) is 13.1. The standard InChI is InChI=1S/C16H29N3O2/c17-16(6-2-1-3-7-16)15(20)19-10-8-18(9-11-19)14-4-12-21-13-5-14/h14H,1-13,17H2. The van der Waals surface area contributed by atoms with Gasteiger partial charge in [-0.2, -0.15) is 0 Å². The lowest BCUT2D eigenvalue weighted by molar-refractivity contribution is -0.140. The molecule has 0 atom stereocenters. The molecule has 120 valence electrons. The summed E-state index contributed by atoms with van der Waals surface area (Å²) in [7, 11) is 0. The molecule has 3 aliphatic rings. The molecule has 2 aliphatic heterocycles. The van der Waals surface area contributed by atoms with Crippen LogP contribution in [0.25, 0.3) is 0 Å². The van der Waals surface area contributed by atoms with E-state index in [1.807, 2.05) is 4.90 Å². The largest absolute Gasteiger partial charge is 0.381 e. The molecule has 0 unspecified atom stereocenters. The first kappa shape index (κ1) is 15.3. The summed E-state index contributed by atoms with van der Waals surface area (Å²) in [6.45, 7) is 5.44. The first-order valence-corrected chi connectivity index (χ1v) is 8.59. The van der Waals surface area contributed by atoms with Crippen LogP contribution in [0.4, 0.5) is 0 Å². The number of amides is 1. The average Bonchev–Trinajstić information content (AvgIpc) is 2.56. The van der Waals surface area contributed by atoms with E-state index in [0.29, 0.717) is 6.04 Å². The normalized spacial score (nSPS) is 28.5. The minimum absolute atomic E-state index is 0.203. The number of carbonyl (C=O) groups excluding carboxylic acids is 1. The Morgan fingerprint density at radius 1 is 1.00 bits per heavy atom. The van der Waals surface area contributed by atoms with Gasteiger partial charge in [0.25, 0.3) is 0 Å². The number of nitrogens with zero attached hydrogens (tertiary/aromatic N) is 2. The predicted octanol–water partition coefficient (Wildman–Crippen LogP) is 0.971. The lowest BCUT2D eigenvalue weighted by atomic mass is 9.81. The zero-order valence-corrected chi connectivity index (χ0v) is 13.1. The monoisotopic (exact) mass is 295 g/mol. The van der Waals surface area contributed by atoms with Crippen molar-refractivity contribution in [2.24, 2.45) is 5.73 Å². The molecular weight excluding hydrogens is 266 g/mol. The summed E-state index contributed by atoms with van der Waals surface area (Å²) in [6.07, 6.45) is 7.43. The SMILES string of the molecule is NC1(C(=O)N2CCN(C3CCOCC3)CC2)CCCCC1. The molecule has 2 saturated heterocycles. The molecule has 0 aromatic rings. The van der Waals surface area contributed by atoms with Crippen LogP contribution in [0.5, 0.6) is 0 Å². The molecule has 5 nitrogen and oxygen atoms in total. The van der Waals surface area contributed by atoms with Crippen molar-refractivity contribution in [1.82, 2.24) is 9.80 Å². The van der Waals surface area contributed by atoms with Gasteiger partial charge in [0.1, 0.15) is 0 Å². The zero-order chi connectivity index (χ0) is 14.7. The summed E-state index contributed by atoms with van der Waals surface area (Å²) >= 11 is 0. The molecule has 3 rings (SSSR count). The van der Waals surface area contributed by atoms with Crippen molar-refractivity contribution < 1.29 is 9.53 Å². The summed E-state index contributed by atoms with van der Waals surface area (Å²) < 4.78 is 5.43. The first-order valence-electron chi connectivity index (χ1n) is 8.59. The van der Waals surface area contributed by atoms with Crippen LogP contribution in [0, 0.1) is 0 Å². The highest BCUT2D eigenvalue weighted by molar-refractivity contribution is 5.86. The highest BCUT2D eigenvalue weighted by Gasteiger charge is 2.39. The van der Waals surface area contributed by atoms with E-state index in [9.17, 15) is 4.79 Å². The van der Waals surface area contributed by atoms with E-state index in [1.54, 1.807) is 0 Å². The Balaban J connectivity index is 1.51. The van der Waals surface area contributed by atoms with Gasteiger partial charge in [0.2, 0.25) is 5.91 Å². The Kier molecular flexibility index (Phi) is 4.82. The Hall–Kier alpha value is -0.650. The van der Waals surface area contributed by atoms with Crippen molar-refractivity contribution in [3.63, 3.8) is 0 Å². The topological polar surface area (TPSA) is 58.8 Å². The second kappa shape index (κ2) is 6.63. The average molecular weight is 295 g/mol. The van der Waals surface area contributed by atoms with Crippen LogP contribution in [-0.2, 0) is 9.53 Å². The number of nitrogens with two attached hydrogens (primary N) is 1. The van der Waals surface area contributed by atoms with Crippen LogP contribution in [0.3, 0.4) is 0 Å². The van der Waals surface area contributed by atoms with Gasteiger partial charge in [-0.25, -0.2) is 0 Å². The molecule has 0 aromatic heterocycles. The second-order valence-corrected chi connectivity index (χ2v) is 6.89. The molecule has 1 saturated carbocycles. The Morgan fingerprint density at radius 3 is 2.24 bits per heavy atom. The summed E-state index contributed by atoms with van der Waals surface area (Å²) in [5.41, 5.74) is 5.82. The number of rotatable bonds is 2. The van der Waals surface area contributed by atoms with Gasteiger partial charge in [-0.05, 0) is 25.7 Å². The van der Waals surface area contributed by atoms with Crippen LogP contribution in [0.15, 0.2) is 0 Å². The van der Waals surface area contributed by atoms with Gasteiger partial charge in [-0.15, -0.1) is 0 Å². The van der Waals surface area contributed by atoms with Gasteiger partial charge in [0.05, 0.1) is 5.54 Å². The molecule has 1 amide bonds. The molecule has 0 bridgehead atoms. The fourth-order valence-electron chi connectivity index (χ4n) is 4.05. The lowest BCUT2D eigenvalue weighted by Gasteiger charge is -2.43. The van der Waals surface area contributed by atoms with Crippen LogP contribution >= 0.6 is 0 Å². The molecule has 0 aromatic carbocycles. The van der Waals surface area contributed by atoms with E-state index in [-0.39, 0.29) is 5.91 Å². The minimum Gasteiger partial charge on any atom is -0.381 e. The fourth-order valence-corrected chi connectivity index (χ4v) is 4.05. The van der Waals surface area contributed by atoms with Crippen LogP contribution < -0.4 is 5.73 Å². The Morgan fingerprint density at radius 2 is 1.62 bits per heavy atom.